The van der Waals surface area contributed by atoms with E-state index in [-0.39, 0.29) is 16.4 Å². The van der Waals surface area contributed by atoms with Crippen LogP contribution >= 0.6 is 0 Å². The average molecular weight is 474 g/mol. The number of fused-ring (bicyclic) bond motifs is 1. The highest BCUT2D eigenvalue weighted by molar-refractivity contribution is 7.85. The summed E-state index contributed by atoms with van der Waals surface area (Å²) in [6, 6.07) is 17.1. The smallest absolute Gasteiger partial charge is 0.158 e. The van der Waals surface area contributed by atoms with Gasteiger partial charge in [-0.25, -0.2) is 8.42 Å². The van der Waals surface area contributed by atoms with Crippen molar-refractivity contribution < 1.29 is 27.7 Å². The van der Waals surface area contributed by atoms with E-state index in [2.05, 4.69) is 51.1 Å². The van der Waals surface area contributed by atoms with E-state index in [1.165, 1.54) is 73.7 Å². The van der Waals surface area contributed by atoms with Crippen molar-refractivity contribution in [1.82, 2.24) is 0 Å². The van der Waals surface area contributed by atoms with Crippen molar-refractivity contribution in [3.8, 4) is 11.5 Å². The number of nitrogens with zero attached hydrogens (tertiary/aromatic N) is 1. The molecule has 0 spiro atoms. The zero-order valence-corrected chi connectivity index (χ0v) is 20.5. The summed E-state index contributed by atoms with van der Waals surface area (Å²) in [6.07, 6.45) is 3.85. The van der Waals surface area contributed by atoms with Gasteiger partial charge in [0.15, 0.2) is 11.5 Å². The summed E-state index contributed by atoms with van der Waals surface area (Å²) in [5, 5.41) is 19.3. The Morgan fingerprint density at radius 3 is 1.76 bits per heavy atom. The van der Waals surface area contributed by atoms with Crippen LogP contribution in [0.3, 0.4) is 0 Å². The minimum atomic E-state index is -4.51. The molecular formula is C26H35NO5S. The molecule has 0 radical (unpaired) electrons. The predicted octanol–water partition coefficient (Wildman–Crippen LogP) is 5.39. The number of hydrogen-bond acceptors (Lipinski definition) is 5. The summed E-state index contributed by atoms with van der Waals surface area (Å²) in [5.74, 6) is -0.668. The molecule has 0 aliphatic carbocycles. The van der Waals surface area contributed by atoms with Crippen molar-refractivity contribution in [3.63, 3.8) is 0 Å². The molecule has 0 heterocycles. The molecule has 6 nitrogen and oxygen atoms in total. The Morgan fingerprint density at radius 1 is 0.758 bits per heavy atom. The number of phenols is 2. The van der Waals surface area contributed by atoms with Crippen molar-refractivity contribution in [3.05, 3.63) is 66.2 Å². The van der Waals surface area contributed by atoms with Crippen molar-refractivity contribution in [2.24, 2.45) is 0 Å². The second-order valence-corrected chi connectivity index (χ2v) is 9.84. The van der Waals surface area contributed by atoms with Gasteiger partial charge in [0.1, 0.15) is 16.7 Å². The highest BCUT2D eigenvalue weighted by Gasteiger charge is 2.24. The van der Waals surface area contributed by atoms with Crippen molar-refractivity contribution in [2.45, 2.75) is 51.5 Å². The fraction of sp³-hybridized carbons (Fsp3) is 0.385. The SMILES string of the molecule is CCC[N+](CCC)(CCC)Cc1ccccc1.O=S(=O)([O-])c1ccc2cc(O)c(O)cc2c1. The van der Waals surface area contributed by atoms with Crippen LogP contribution in [0.15, 0.2) is 65.6 Å². The molecule has 0 saturated carbocycles. The fourth-order valence-corrected chi connectivity index (χ4v) is 4.88. The molecule has 3 aromatic carbocycles. The van der Waals surface area contributed by atoms with Gasteiger partial charge in [0.05, 0.1) is 24.5 Å². The van der Waals surface area contributed by atoms with E-state index in [0.717, 1.165) is 12.1 Å². The van der Waals surface area contributed by atoms with Crippen LogP contribution in [-0.2, 0) is 16.7 Å². The standard InChI is InChI=1S/C16H28N.C10H8O5S/c1-4-12-17(13-5-2,14-6-3)15-16-10-8-7-9-11-16;11-9-4-6-1-2-8(16(13,14)15)3-7(6)5-10(9)12/h7-11H,4-6,12-15H2,1-3H3;1-5,11-12H,(H,13,14,15)/q+1;/p-1. The van der Waals surface area contributed by atoms with Crippen LogP contribution in [0, 0.1) is 0 Å². The summed E-state index contributed by atoms with van der Waals surface area (Å²) in [4.78, 5) is -0.370. The van der Waals surface area contributed by atoms with Crippen molar-refractivity contribution >= 4 is 20.9 Å². The first-order chi connectivity index (χ1) is 15.6. The number of benzene rings is 3. The quantitative estimate of drug-likeness (QED) is 0.247. The van der Waals surface area contributed by atoms with Gasteiger partial charge >= 0.3 is 0 Å². The van der Waals surface area contributed by atoms with Crippen molar-refractivity contribution in [1.29, 1.82) is 0 Å². The summed E-state index contributed by atoms with van der Waals surface area (Å²) < 4.78 is 33.6. The molecule has 0 atom stereocenters. The predicted molar refractivity (Wildman–Crippen MR) is 131 cm³/mol. The lowest BCUT2D eigenvalue weighted by atomic mass is 10.1. The van der Waals surface area contributed by atoms with Gasteiger partial charge in [-0.05, 0) is 54.3 Å². The highest BCUT2D eigenvalue weighted by Crippen LogP contribution is 2.31. The van der Waals surface area contributed by atoms with Gasteiger partial charge in [0.2, 0.25) is 0 Å². The first-order valence-corrected chi connectivity index (χ1v) is 12.9. The largest absolute Gasteiger partial charge is 0.744 e. The first kappa shape index (κ1) is 26.6. The van der Waals surface area contributed by atoms with Gasteiger partial charge < -0.3 is 19.2 Å². The zero-order valence-electron chi connectivity index (χ0n) is 19.7. The third-order valence-electron chi connectivity index (χ3n) is 5.65. The molecule has 33 heavy (non-hydrogen) atoms. The van der Waals surface area contributed by atoms with Gasteiger partial charge in [-0.3, -0.25) is 0 Å². The second kappa shape index (κ2) is 12.0. The van der Waals surface area contributed by atoms with Crippen LogP contribution in [0.25, 0.3) is 10.8 Å². The second-order valence-electron chi connectivity index (χ2n) is 8.46. The van der Waals surface area contributed by atoms with E-state index in [0.29, 0.717) is 10.8 Å². The molecule has 180 valence electrons. The topological polar surface area (TPSA) is 97.7 Å². The van der Waals surface area contributed by atoms with E-state index < -0.39 is 10.1 Å². The summed E-state index contributed by atoms with van der Waals surface area (Å²) in [5.41, 5.74) is 1.49. The minimum absolute atomic E-state index is 0.301. The van der Waals surface area contributed by atoms with E-state index in [1.54, 1.807) is 0 Å². The Kier molecular flexibility index (Phi) is 9.70. The molecule has 0 bridgehead atoms. The lowest BCUT2D eigenvalue weighted by molar-refractivity contribution is -0.941. The third kappa shape index (κ3) is 7.74. The molecule has 0 aliphatic heterocycles. The lowest BCUT2D eigenvalue weighted by Crippen LogP contribution is -2.48. The molecule has 3 rings (SSSR count). The maximum absolute atomic E-state index is 10.8. The van der Waals surface area contributed by atoms with E-state index >= 15 is 0 Å². The molecule has 0 fully saturated rings. The van der Waals surface area contributed by atoms with Crippen LogP contribution in [0.2, 0.25) is 0 Å². The zero-order chi connectivity index (χ0) is 24.5. The molecule has 0 aliphatic rings. The molecule has 2 N–H and O–H groups in total. The number of quaternary nitrogens is 1. The molecule has 0 unspecified atom stereocenters. The Bertz CT molecular complexity index is 1110. The van der Waals surface area contributed by atoms with Gasteiger partial charge in [-0.1, -0.05) is 57.2 Å². The average Bonchev–Trinajstić information content (AvgIpc) is 2.75. The van der Waals surface area contributed by atoms with E-state index in [1.807, 2.05) is 0 Å². The van der Waals surface area contributed by atoms with Gasteiger partial charge in [0, 0.05) is 5.56 Å². The maximum Gasteiger partial charge on any atom is 0.158 e. The lowest BCUT2D eigenvalue weighted by Gasteiger charge is -2.38. The Hall–Kier alpha value is -2.61. The Morgan fingerprint density at radius 2 is 1.27 bits per heavy atom. The van der Waals surface area contributed by atoms with Crippen molar-refractivity contribution in [2.75, 3.05) is 19.6 Å². The highest BCUT2D eigenvalue weighted by atomic mass is 32.2. The van der Waals surface area contributed by atoms with Crippen LogP contribution in [-0.4, -0.2) is 47.3 Å². The molecule has 7 heteroatoms. The van der Waals surface area contributed by atoms with Crippen LogP contribution in [0.4, 0.5) is 0 Å². The van der Waals surface area contributed by atoms with E-state index in [9.17, 15) is 23.2 Å². The number of hydrogen-bond donors (Lipinski definition) is 2. The minimum Gasteiger partial charge on any atom is -0.744 e. The number of phenolic OH excluding ortho intramolecular Hbond substituents is 2. The first-order valence-electron chi connectivity index (χ1n) is 11.4. The maximum atomic E-state index is 10.8. The van der Waals surface area contributed by atoms with Crippen LogP contribution in [0.5, 0.6) is 11.5 Å². The molecule has 3 aromatic rings. The normalized spacial score (nSPS) is 11.8. The van der Waals surface area contributed by atoms with Crippen LogP contribution < -0.4 is 0 Å². The monoisotopic (exact) mass is 473 g/mol. The molecule has 0 amide bonds. The van der Waals surface area contributed by atoms with Gasteiger partial charge in [-0.2, -0.15) is 0 Å². The summed E-state index contributed by atoms with van der Waals surface area (Å²) in [6.45, 7) is 12.1. The summed E-state index contributed by atoms with van der Waals surface area (Å²) >= 11 is 0. The van der Waals surface area contributed by atoms with Gasteiger partial charge in [-0.15, -0.1) is 0 Å². The van der Waals surface area contributed by atoms with Gasteiger partial charge in [0.25, 0.3) is 0 Å². The number of aromatic hydroxyl groups is 2. The van der Waals surface area contributed by atoms with Crippen LogP contribution in [0.1, 0.15) is 45.6 Å². The molecular weight excluding hydrogens is 438 g/mol. The molecule has 0 aromatic heterocycles. The fourth-order valence-electron chi connectivity index (χ4n) is 4.37. The number of rotatable bonds is 9. The third-order valence-corrected chi connectivity index (χ3v) is 6.48. The Balaban J connectivity index is 0.000000234. The Labute approximate surface area is 197 Å². The summed E-state index contributed by atoms with van der Waals surface area (Å²) in [7, 11) is -4.51. The van der Waals surface area contributed by atoms with E-state index in [4.69, 9.17) is 0 Å². The molecule has 0 saturated heterocycles.